The number of esters is 2. The maximum Gasteiger partial charge on any atom is 0.356 e. The molecule has 2 aromatic rings. The van der Waals surface area contributed by atoms with E-state index < -0.39 is 42.0 Å². The van der Waals surface area contributed by atoms with Gasteiger partial charge in [-0.1, -0.05) is 60.7 Å². The van der Waals surface area contributed by atoms with E-state index in [4.69, 9.17) is 15.2 Å². The van der Waals surface area contributed by atoms with Crippen LogP contribution < -0.4 is 5.73 Å². The first kappa shape index (κ1) is 29.0. The van der Waals surface area contributed by atoms with Crippen LogP contribution in [-0.4, -0.2) is 83.3 Å². The molecule has 1 saturated heterocycles. The molecule has 0 radical (unpaired) electrons. The molecule has 4 rings (SSSR count). The summed E-state index contributed by atoms with van der Waals surface area (Å²) in [7, 11) is 2.86. The normalized spacial score (nSPS) is 21.2. The van der Waals surface area contributed by atoms with Gasteiger partial charge in [0.1, 0.15) is 17.7 Å². The molecule has 10 nitrogen and oxygen atoms in total. The van der Waals surface area contributed by atoms with E-state index in [2.05, 4.69) is 0 Å². The molecular weight excluding hydrogens is 539 g/mol. The Bertz CT molecular complexity index is 1280. The van der Waals surface area contributed by atoms with E-state index in [1.807, 2.05) is 60.7 Å². The molecule has 0 spiro atoms. The summed E-state index contributed by atoms with van der Waals surface area (Å²) in [5, 5.41) is -2.56. The Morgan fingerprint density at radius 3 is 2.03 bits per heavy atom. The summed E-state index contributed by atoms with van der Waals surface area (Å²) in [5.41, 5.74) is 8.54. The molecule has 2 heterocycles. The van der Waals surface area contributed by atoms with Gasteiger partial charge < -0.3 is 15.2 Å². The number of rotatable bonds is 9. The van der Waals surface area contributed by atoms with Gasteiger partial charge in [0.15, 0.2) is 6.10 Å². The quantitative estimate of drug-likeness (QED) is 0.273. The molecule has 39 heavy (non-hydrogen) atoms. The number of carbonyl (C=O) groups is 3. The van der Waals surface area contributed by atoms with E-state index in [-0.39, 0.29) is 18.1 Å². The predicted octanol–water partition coefficient (Wildman–Crippen LogP) is 3.02. The van der Waals surface area contributed by atoms with Crippen molar-refractivity contribution in [2.75, 3.05) is 40.6 Å². The fourth-order valence-electron chi connectivity index (χ4n) is 4.95. The van der Waals surface area contributed by atoms with Gasteiger partial charge in [0.2, 0.25) is 12.7 Å². The topological polar surface area (TPSA) is 122 Å². The maximum atomic E-state index is 14.2. The van der Waals surface area contributed by atoms with Crippen molar-refractivity contribution in [1.82, 2.24) is 14.2 Å². The van der Waals surface area contributed by atoms with Gasteiger partial charge in [-0.15, -0.1) is 11.8 Å². The zero-order valence-electron chi connectivity index (χ0n) is 22.6. The maximum absolute atomic E-state index is 14.2. The zero-order chi connectivity index (χ0) is 28.5. The Balaban J connectivity index is 1.76. The molecule has 208 valence electrons. The minimum absolute atomic E-state index is 0.0352. The Morgan fingerprint density at radius 2 is 1.56 bits per heavy atom. The van der Waals surface area contributed by atoms with Crippen molar-refractivity contribution in [2.45, 2.75) is 23.7 Å². The van der Waals surface area contributed by atoms with E-state index in [0.29, 0.717) is 5.57 Å². The molecule has 1 fully saturated rings. The monoisotopic (exact) mass is 572 g/mol. The number of β-lactam (4-membered cyclic amide) rings is 1. The average molecular weight is 573 g/mol. The standard InChI is InChI=1S/C27H33N4O6PS/c1-18(32)36-16-21-17-39-26-27(28,38(35,29(2)3)30(4)5)25(34)31(26)22(21)24(33)37-23(19-12-8-6-9-13-19)20-14-10-7-11-15-20/h6-15,23,26H,16-17,28H2,1-5H3/t26-,27-/m1/s1. The Labute approximate surface area is 232 Å². The lowest BCUT2D eigenvalue weighted by molar-refractivity contribution is -0.155. The number of nitrogens with zero attached hydrogens (tertiary/aromatic N) is 3. The molecule has 2 aromatic carbocycles. The van der Waals surface area contributed by atoms with Crippen LogP contribution in [0.4, 0.5) is 0 Å². The highest BCUT2D eigenvalue weighted by Crippen LogP contribution is 2.67. The third-order valence-corrected chi connectivity index (χ3v) is 12.0. The van der Waals surface area contributed by atoms with Gasteiger partial charge in [0.05, 0.1) is 0 Å². The molecule has 0 unspecified atom stereocenters. The SMILES string of the molecule is CC(=O)OCC1=C(C(=O)OC(c2ccccc2)c2ccccc2)N2C(=O)[C@@](N)(P(=O)(N(C)C)N(C)C)[C@H]2SC1. The van der Waals surface area contributed by atoms with Crippen molar-refractivity contribution < 1.29 is 28.4 Å². The largest absolute Gasteiger partial charge is 0.461 e. The van der Waals surface area contributed by atoms with Gasteiger partial charge in [0.25, 0.3) is 5.91 Å². The van der Waals surface area contributed by atoms with Gasteiger partial charge in [-0.05, 0) is 39.3 Å². The molecule has 0 aliphatic carbocycles. The lowest BCUT2D eigenvalue weighted by atomic mass is 10.0. The number of hydrogen-bond acceptors (Lipinski definition) is 8. The van der Waals surface area contributed by atoms with Gasteiger partial charge >= 0.3 is 11.9 Å². The molecule has 2 aliphatic heterocycles. The predicted molar refractivity (Wildman–Crippen MR) is 149 cm³/mol. The molecule has 2 N–H and O–H groups in total. The van der Waals surface area contributed by atoms with Gasteiger partial charge in [-0.25, -0.2) is 14.1 Å². The molecule has 2 atom stereocenters. The Hall–Kier alpha value is -2.95. The second kappa shape index (κ2) is 11.3. The summed E-state index contributed by atoms with van der Waals surface area (Å²) in [6, 6.07) is 18.5. The van der Waals surface area contributed by atoms with E-state index in [9.17, 15) is 18.9 Å². The minimum atomic E-state index is -3.58. The van der Waals surface area contributed by atoms with Crippen molar-refractivity contribution in [3.63, 3.8) is 0 Å². The molecule has 0 bridgehead atoms. The Morgan fingerprint density at radius 1 is 1.05 bits per heavy atom. The van der Waals surface area contributed by atoms with Crippen LogP contribution in [0.15, 0.2) is 71.9 Å². The first-order valence-electron chi connectivity index (χ1n) is 12.3. The highest BCUT2D eigenvalue weighted by Gasteiger charge is 2.72. The third-order valence-electron chi connectivity index (χ3n) is 6.80. The van der Waals surface area contributed by atoms with Crippen molar-refractivity contribution in [3.05, 3.63) is 83.1 Å². The summed E-state index contributed by atoms with van der Waals surface area (Å²) >= 11 is 1.28. The van der Waals surface area contributed by atoms with Crippen LogP contribution in [0.1, 0.15) is 24.2 Å². The van der Waals surface area contributed by atoms with Gasteiger partial charge in [0, 0.05) is 18.2 Å². The number of amides is 1. The highest BCUT2D eigenvalue weighted by atomic mass is 32.2. The van der Waals surface area contributed by atoms with E-state index in [0.717, 1.165) is 11.1 Å². The van der Waals surface area contributed by atoms with Crippen molar-refractivity contribution >= 4 is 37.1 Å². The smallest absolute Gasteiger partial charge is 0.356 e. The summed E-state index contributed by atoms with van der Waals surface area (Å²) < 4.78 is 28.4. The van der Waals surface area contributed by atoms with Crippen LogP contribution >= 0.6 is 19.2 Å². The molecule has 2 aliphatic rings. The lowest BCUT2D eigenvalue weighted by Gasteiger charge is -2.59. The average Bonchev–Trinajstić information content (AvgIpc) is 2.93. The Kier molecular flexibility index (Phi) is 8.39. The van der Waals surface area contributed by atoms with Crippen LogP contribution in [0, 0.1) is 0 Å². The van der Waals surface area contributed by atoms with E-state index >= 15 is 0 Å². The van der Waals surface area contributed by atoms with E-state index in [1.54, 1.807) is 28.2 Å². The fraction of sp³-hybridized carbons (Fsp3) is 0.370. The number of thioether (sulfide) groups is 1. The molecule has 1 amide bonds. The molecular formula is C27H33N4O6PS. The number of nitrogens with two attached hydrogens (primary N) is 1. The number of hydrogen-bond donors (Lipinski definition) is 1. The van der Waals surface area contributed by atoms with Crippen LogP contribution in [-0.2, 0) is 28.4 Å². The number of benzene rings is 2. The first-order valence-corrected chi connectivity index (χ1v) is 15.0. The number of carbonyl (C=O) groups excluding carboxylic acids is 3. The van der Waals surface area contributed by atoms with Crippen LogP contribution in [0.25, 0.3) is 0 Å². The molecule has 0 aromatic heterocycles. The summed E-state index contributed by atoms with van der Waals surface area (Å²) in [6.07, 6.45) is -0.760. The van der Waals surface area contributed by atoms with Crippen molar-refractivity contribution in [2.24, 2.45) is 5.73 Å². The third kappa shape index (κ3) is 4.94. The van der Waals surface area contributed by atoms with Gasteiger partial charge in [-0.3, -0.25) is 19.1 Å². The van der Waals surface area contributed by atoms with Gasteiger partial charge in [-0.2, -0.15) is 0 Å². The molecule has 12 heteroatoms. The van der Waals surface area contributed by atoms with Crippen molar-refractivity contribution in [3.8, 4) is 0 Å². The lowest BCUT2D eigenvalue weighted by Crippen LogP contribution is -2.79. The number of fused-ring (bicyclic) bond motifs is 1. The summed E-state index contributed by atoms with van der Waals surface area (Å²) in [5.74, 6) is -1.72. The fourth-order valence-corrected chi connectivity index (χ4v) is 9.67. The summed E-state index contributed by atoms with van der Waals surface area (Å²) in [4.78, 5) is 40.6. The first-order chi connectivity index (χ1) is 18.4. The van der Waals surface area contributed by atoms with Crippen molar-refractivity contribution in [1.29, 1.82) is 0 Å². The van der Waals surface area contributed by atoms with Crippen LogP contribution in [0.3, 0.4) is 0 Å². The minimum Gasteiger partial charge on any atom is -0.461 e. The van der Waals surface area contributed by atoms with Crippen LogP contribution in [0.5, 0.6) is 0 Å². The summed E-state index contributed by atoms with van der Waals surface area (Å²) in [6.45, 7) is 1.07. The van der Waals surface area contributed by atoms with E-state index in [1.165, 1.54) is 32.9 Å². The second-order valence-electron chi connectivity index (χ2n) is 9.74. The zero-order valence-corrected chi connectivity index (χ0v) is 24.3. The highest BCUT2D eigenvalue weighted by molar-refractivity contribution is 8.00. The number of ether oxygens (including phenoxy) is 2. The second-order valence-corrected chi connectivity index (χ2v) is 14.2. The molecule has 0 saturated carbocycles. The van der Waals surface area contributed by atoms with Crippen LogP contribution in [0.2, 0.25) is 0 Å².